The van der Waals surface area contributed by atoms with Crippen molar-refractivity contribution in [3.8, 4) is 16.9 Å². The van der Waals surface area contributed by atoms with Crippen molar-refractivity contribution in [3.05, 3.63) is 53.6 Å². The molecule has 3 nitrogen and oxygen atoms in total. The van der Waals surface area contributed by atoms with Gasteiger partial charge < -0.3 is 9.84 Å². The Kier molecular flexibility index (Phi) is 5.11. The second-order valence-corrected chi connectivity index (χ2v) is 5.26. The predicted octanol–water partition coefficient (Wildman–Crippen LogP) is 4.14. The van der Waals surface area contributed by atoms with E-state index >= 15 is 0 Å². The normalized spacial score (nSPS) is 10.4. The molecule has 0 aliphatic carbocycles. The van der Waals surface area contributed by atoms with E-state index in [9.17, 15) is 13.6 Å². The zero-order valence-electron chi connectivity index (χ0n) is 10.8. The number of hydrogen-bond acceptors (Lipinski definition) is 2. The monoisotopic (exact) mass is 404 g/mol. The van der Waals surface area contributed by atoms with Gasteiger partial charge in [-0.15, -0.1) is 0 Å². The maximum absolute atomic E-state index is 13.9. The Balaban J connectivity index is 2.40. The summed E-state index contributed by atoms with van der Waals surface area (Å²) in [4.78, 5) is 10.9. The van der Waals surface area contributed by atoms with Crippen LogP contribution in [0.4, 0.5) is 8.78 Å². The summed E-state index contributed by atoms with van der Waals surface area (Å²) in [6.07, 6.45) is 0. The standard InChI is InChI=1S/C15H11F2IO3/c16-12-3-1-10(15(19)20)7-11(12)9-2-4-14(13(17)8-9)21-6-5-18/h1-4,7-8H,5-6H2,(H,19,20). The number of hydrogen-bond donors (Lipinski definition) is 1. The first-order chi connectivity index (χ1) is 10.0. The highest BCUT2D eigenvalue weighted by molar-refractivity contribution is 14.1. The van der Waals surface area contributed by atoms with Crippen molar-refractivity contribution in [2.45, 2.75) is 0 Å². The van der Waals surface area contributed by atoms with Gasteiger partial charge in [0.15, 0.2) is 11.6 Å². The van der Waals surface area contributed by atoms with Crippen molar-refractivity contribution in [3.63, 3.8) is 0 Å². The van der Waals surface area contributed by atoms with Gasteiger partial charge in [-0.2, -0.15) is 0 Å². The van der Waals surface area contributed by atoms with Crippen molar-refractivity contribution in [1.82, 2.24) is 0 Å². The predicted molar refractivity (Wildman–Crippen MR) is 83.1 cm³/mol. The number of rotatable bonds is 5. The Morgan fingerprint density at radius 3 is 2.52 bits per heavy atom. The second-order valence-electron chi connectivity index (χ2n) is 4.18. The average molecular weight is 404 g/mol. The van der Waals surface area contributed by atoms with Gasteiger partial charge in [0.1, 0.15) is 5.82 Å². The molecule has 0 aliphatic heterocycles. The zero-order chi connectivity index (χ0) is 15.4. The molecule has 0 amide bonds. The molecule has 21 heavy (non-hydrogen) atoms. The summed E-state index contributed by atoms with van der Waals surface area (Å²) in [5.41, 5.74) is 0.237. The van der Waals surface area contributed by atoms with Crippen LogP contribution in [-0.4, -0.2) is 22.1 Å². The molecule has 0 heterocycles. The number of carboxylic acid groups (broad SMARTS) is 1. The number of ether oxygens (including phenoxy) is 1. The summed E-state index contributed by atoms with van der Waals surface area (Å²) >= 11 is 2.10. The van der Waals surface area contributed by atoms with Crippen LogP contribution in [0.3, 0.4) is 0 Å². The average Bonchev–Trinajstić information content (AvgIpc) is 2.46. The fourth-order valence-corrected chi connectivity index (χ4v) is 2.03. The van der Waals surface area contributed by atoms with Gasteiger partial charge in [-0.05, 0) is 35.9 Å². The molecule has 0 fully saturated rings. The van der Waals surface area contributed by atoms with Gasteiger partial charge in [-0.25, -0.2) is 13.6 Å². The van der Waals surface area contributed by atoms with Crippen molar-refractivity contribution >= 4 is 28.6 Å². The number of halogens is 3. The molecule has 6 heteroatoms. The third-order valence-corrected chi connectivity index (χ3v) is 3.23. The SMILES string of the molecule is O=C(O)c1ccc(F)c(-c2ccc(OCCI)c(F)c2)c1. The summed E-state index contributed by atoms with van der Waals surface area (Å²) in [6.45, 7) is 0.375. The van der Waals surface area contributed by atoms with Crippen LogP contribution < -0.4 is 4.74 Å². The lowest BCUT2D eigenvalue weighted by Gasteiger charge is -2.09. The lowest BCUT2D eigenvalue weighted by molar-refractivity contribution is 0.0697. The first-order valence-electron chi connectivity index (χ1n) is 6.04. The Morgan fingerprint density at radius 1 is 1.14 bits per heavy atom. The number of alkyl halides is 1. The topological polar surface area (TPSA) is 46.5 Å². The van der Waals surface area contributed by atoms with Crippen LogP contribution in [0.2, 0.25) is 0 Å². The lowest BCUT2D eigenvalue weighted by Crippen LogP contribution is -2.00. The first-order valence-corrected chi connectivity index (χ1v) is 7.57. The summed E-state index contributed by atoms with van der Waals surface area (Å²) in [7, 11) is 0. The highest BCUT2D eigenvalue weighted by Gasteiger charge is 2.12. The molecular weight excluding hydrogens is 393 g/mol. The molecule has 2 rings (SSSR count). The highest BCUT2D eigenvalue weighted by atomic mass is 127. The van der Waals surface area contributed by atoms with Crippen LogP contribution in [0.15, 0.2) is 36.4 Å². The van der Waals surface area contributed by atoms with Gasteiger partial charge in [-0.3, -0.25) is 0 Å². The maximum atomic E-state index is 13.9. The maximum Gasteiger partial charge on any atom is 0.335 e. The Bertz CT molecular complexity index is 674. The van der Waals surface area contributed by atoms with E-state index in [1.54, 1.807) is 0 Å². The molecule has 0 aliphatic rings. The van der Waals surface area contributed by atoms with Crippen molar-refractivity contribution in [2.75, 3.05) is 11.0 Å². The van der Waals surface area contributed by atoms with E-state index in [0.717, 1.165) is 18.2 Å². The molecule has 0 aromatic heterocycles. The molecule has 110 valence electrons. The Morgan fingerprint density at radius 2 is 1.90 bits per heavy atom. The molecule has 0 bridgehead atoms. The van der Waals surface area contributed by atoms with Crippen molar-refractivity contribution in [1.29, 1.82) is 0 Å². The summed E-state index contributed by atoms with van der Waals surface area (Å²) < 4.78 is 33.6. The van der Waals surface area contributed by atoms with E-state index < -0.39 is 17.6 Å². The Hall–Kier alpha value is -1.70. The molecular formula is C15H11F2IO3. The van der Waals surface area contributed by atoms with Crippen LogP contribution in [-0.2, 0) is 0 Å². The van der Waals surface area contributed by atoms with Crippen LogP contribution in [0.5, 0.6) is 5.75 Å². The third kappa shape index (κ3) is 3.69. The van der Waals surface area contributed by atoms with E-state index in [4.69, 9.17) is 9.84 Å². The van der Waals surface area contributed by atoms with Crippen molar-refractivity contribution < 1.29 is 23.4 Å². The molecule has 2 aromatic rings. The van der Waals surface area contributed by atoms with Crippen LogP contribution in [0, 0.1) is 11.6 Å². The smallest absolute Gasteiger partial charge is 0.335 e. The van der Waals surface area contributed by atoms with E-state index in [0.29, 0.717) is 11.0 Å². The molecule has 0 spiro atoms. The van der Waals surface area contributed by atoms with Crippen LogP contribution >= 0.6 is 22.6 Å². The van der Waals surface area contributed by atoms with Gasteiger partial charge >= 0.3 is 5.97 Å². The molecule has 0 unspecified atom stereocenters. The van der Waals surface area contributed by atoms with E-state index in [2.05, 4.69) is 22.6 Å². The van der Waals surface area contributed by atoms with Gasteiger partial charge in [0, 0.05) is 9.99 Å². The van der Waals surface area contributed by atoms with Gasteiger partial charge in [0.05, 0.1) is 12.2 Å². The van der Waals surface area contributed by atoms with Gasteiger partial charge in [-0.1, -0.05) is 28.7 Å². The molecule has 0 saturated heterocycles. The van der Waals surface area contributed by atoms with E-state index in [1.807, 2.05) is 0 Å². The molecule has 1 N–H and O–H groups in total. The van der Waals surface area contributed by atoms with E-state index in [1.165, 1.54) is 18.2 Å². The van der Waals surface area contributed by atoms with E-state index in [-0.39, 0.29) is 22.4 Å². The Labute approximate surface area is 133 Å². The number of carbonyl (C=O) groups is 1. The highest BCUT2D eigenvalue weighted by Crippen LogP contribution is 2.28. The number of benzene rings is 2. The van der Waals surface area contributed by atoms with Crippen molar-refractivity contribution in [2.24, 2.45) is 0 Å². The zero-order valence-corrected chi connectivity index (χ0v) is 12.9. The molecule has 0 radical (unpaired) electrons. The van der Waals surface area contributed by atoms with Crippen LogP contribution in [0.1, 0.15) is 10.4 Å². The number of carboxylic acids is 1. The van der Waals surface area contributed by atoms with Gasteiger partial charge in [0.25, 0.3) is 0 Å². The number of aromatic carboxylic acids is 1. The van der Waals surface area contributed by atoms with Crippen LogP contribution in [0.25, 0.3) is 11.1 Å². The summed E-state index contributed by atoms with van der Waals surface area (Å²) in [5, 5.41) is 8.93. The second kappa shape index (κ2) is 6.84. The first kappa shape index (κ1) is 15.7. The third-order valence-electron chi connectivity index (χ3n) is 2.79. The minimum Gasteiger partial charge on any atom is -0.490 e. The summed E-state index contributed by atoms with van der Waals surface area (Å²) in [5.74, 6) is -2.30. The fourth-order valence-electron chi connectivity index (χ4n) is 1.81. The molecule has 2 aromatic carbocycles. The fraction of sp³-hybridized carbons (Fsp3) is 0.133. The molecule has 0 atom stereocenters. The quantitative estimate of drug-likeness (QED) is 0.602. The minimum atomic E-state index is -1.17. The summed E-state index contributed by atoms with van der Waals surface area (Å²) in [6, 6.07) is 7.43. The minimum absolute atomic E-state index is 0.0363. The van der Waals surface area contributed by atoms with Gasteiger partial charge in [0.2, 0.25) is 0 Å². The largest absolute Gasteiger partial charge is 0.490 e. The molecule has 0 saturated carbocycles. The lowest BCUT2D eigenvalue weighted by atomic mass is 10.0.